The van der Waals surface area contributed by atoms with Gasteiger partial charge in [-0.1, -0.05) is 43.7 Å². The second kappa shape index (κ2) is 9.37. The number of benzene rings is 1. The highest BCUT2D eigenvalue weighted by Gasteiger charge is 1.91. The standard InChI is InChI=1S/C14H24N2/c1-2-3-10-15-12-13-16-11-9-14-7-5-4-6-8-14/h4-8,15-16H,2-3,9-13H2,1H3. The predicted molar refractivity (Wildman–Crippen MR) is 70.8 cm³/mol. The Balaban J connectivity index is 1.89. The molecular formula is C14H24N2. The third-order valence-corrected chi connectivity index (χ3v) is 2.62. The van der Waals surface area contributed by atoms with Crippen LogP contribution in [-0.4, -0.2) is 26.2 Å². The number of rotatable bonds is 9. The Morgan fingerprint density at radius 2 is 1.56 bits per heavy atom. The van der Waals surface area contributed by atoms with E-state index in [0.29, 0.717) is 0 Å². The minimum atomic E-state index is 1.07. The summed E-state index contributed by atoms with van der Waals surface area (Å²) < 4.78 is 0. The Kier molecular flexibility index (Phi) is 7.74. The highest BCUT2D eigenvalue weighted by atomic mass is 14.9. The first-order chi connectivity index (χ1) is 7.93. The molecule has 0 heterocycles. The molecule has 2 nitrogen and oxygen atoms in total. The van der Waals surface area contributed by atoms with E-state index in [0.717, 1.165) is 32.6 Å². The van der Waals surface area contributed by atoms with Crippen LogP contribution in [0.3, 0.4) is 0 Å². The molecule has 0 aliphatic heterocycles. The molecule has 1 aromatic rings. The Morgan fingerprint density at radius 1 is 0.875 bits per heavy atom. The lowest BCUT2D eigenvalue weighted by molar-refractivity contribution is 0.593. The Bertz CT molecular complexity index is 246. The average molecular weight is 220 g/mol. The molecular weight excluding hydrogens is 196 g/mol. The van der Waals surface area contributed by atoms with E-state index in [2.05, 4.69) is 47.9 Å². The monoisotopic (exact) mass is 220 g/mol. The molecule has 0 unspecified atom stereocenters. The summed E-state index contributed by atoms with van der Waals surface area (Å²) in [5.41, 5.74) is 1.41. The second-order valence-corrected chi connectivity index (χ2v) is 4.09. The molecule has 0 aliphatic rings. The summed E-state index contributed by atoms with van der Waals surface area (Å²) in [6.45, 7) is 6.58. The van der Waals surface area contributed by atoms with E-state index in [-0.39, 0.29) is 0 Å². The summed E-state index contributed by atoms with van der Waals surface area (Å²) in [6, 6.07) is 10.6. The molecule has 0 aliphatic carbocycles. The van der Waals surface area contributed by atoms with Gasteiger partial charge in [0.1, 0.15) is 0 Å². The van der Waals surface area contributed by atoms with Gasteiger partial charge < -0.3 is 10.6 Å². The largest absolute Gasteiger partial charge is 0.315 e. The highest BCUT2D eigenvalue weighted by Crippen LogP contribution is 1.97. The molecule has 2 N–H and O–H groups in total. The van der Waals surface area contributed by atoms with Crippen LogP contribution in [0.5, 0.6) is 0 Å². The van der Waals surface area contributed by atoms with Crippen LogP contribution in [0, 0.1) is 0 Å². The Labute approximate surface area is 99.5 Å². The topological polar surface area (TPSA) is 24.1 Å². The van der Waals surface area contributed by atoms with Crippen molar-refractivity contribution in [2.45, 2.75) is 26.2 Å². The van der Waals surface area contributed by atoms with Crippen molar-refractivity contribution < 1.29 is 0 Å². The Morgan fingerprint density at radius 3 is 2.25 bits per heavy atom. The first kappa shape index (κ1) is 13.2. The molecule has 0 bridgehead atoms. The molecule has 1 rings (SSSR count). The van der Waals surface area contributed by atoms with Crippen molar-refractivity contribution in [3.63, 3.8) is 0 Å². The molecule has 0 saturated heterocycles. The van der Waals surface area contributed by atoms with Crippen LogP contribution >= 0.6 is 0 Å². The van der Waals surface area contributed by atoms with E-state index in [4.69, 9.17) is 0 Å². The number of nitrogens with one attached hydrogen (secondary N) is 2. The number of hydrogen-bond acceptors (Lipinski definition) is 2. The molecule has 2 heteroatoms. The van der Waals surface area contributed by atoms with Gasteiger partial charge in [0, 0.05) is 13.1 Å². The van der Waals surface area contributed by atoms with E-state index < -0.39 is 0 Å². The van der Waals surface area contributed by atoms with Crippen LogP contribution in [0.1, 0.15) is 25.3 Å². The zero-order valence-corrected chi connectivity index (χ0v) is 10.3. The van der Waals surface area contributed by atoms with Crippen LogP contribution in [0.25, 0.3) is 0 Å². The fourth-order valence-corrected chi connectivity index (χ4v) is 1.61. The molecule has 0 amide bonds. The van der Waals surface area contributed by atoms with Crippen molar-refractivity contribution >= 4 is 0 Å². The zero-order valence-electron chi connectivity index (χ0n) is 10.3. The van der Waals surface area contributed by atoms with Gasteiger partial charge in [-0.2, -0.15) is 0 Å². The van der Waals surface area contributed by atoms with Gasteiger partial charge in [0.15, 0.2) is 0 Å². The lowest BCUT2D eigenvalue weighted by atomic mass is 10.1. The van der Waals surface area contributed by atoms with Gasteiger partial charge in [-0.05, 0) is 31.5 Å². The van der Waals surface area contributed by atoms with Gasteiger partial charge in [0.05, 0.1) is 0 Å². The number of unbranched alkanes of at least 4 members (excludes halogenated alkanes) is 1. The fourth-order valence-electron chi connectivity index (χ4n) is 1.61. The number of hydrogen-bond donors (Lipinski definition) is 2. The maximum atomic E-state index is 3.45. The molecule has 0 radical (unpaired) electrons. The first-order valence-corrected chi connectivity index (χ1v) is 6.39. The molecule has 1 aromatic carbocycles. The van der Waals surface area contributed by atoms with E-state index in [1.807, 2.05) is 0 Å². The minimum absolute atomic E-state index is 1.07. The van der Waals surface area contributed by atoms with Crippen LogP contribution in [-0.2, 0) is 6.42 Å². The van der Waals surface area contributed by atoms with Crippen LogP contribution in [0.4, 0.5) is 0 Å². The van der Waals surface area contributed by atoms with E-state index in [9.17, 15) is 0 Å². The summed E-state index contributed by atoms with van der Waals surface area (Å²) in [7, 11) is 0. The van der Waals surface area contributed by atoms with E-state index >= 15 is 0 Å². The SMILES string of the molecule is CCCCNCCNCCc1ccccc1. The van der Waals surface area contributed by atoms with Crippen molar-refractivity contribution in [3.8, 4) is 0 Å². The lowest BCUT2D eigenvalue weighted by Crippen LogP contribution is -2.29. The van der Waals surface area contributed by atoms with Gasteiger partial charge in [-0.15, -0.1) is 0 Å². The smallest absolute Gasteiger partial charge is 0.00768 e. The van der Waals surface area contributed by atoms with Crippen molar-refractivity contribution in [1.82, 2.24) is 10.6 Å². The van der Waals surface area contributed by atoms with Gasteiger partial charge in [0.2, 0.25) is 0 Å². The minimum Gasteiger partial charge on any atom is -0.315 e. The maximum absolute atomic E-state index is 3.45. The Hall–Kier alpha value is -0.860. The quantitative estimate of drug-likeness (QED) is 0.624. The van der Waals surface area contributed by atoms with Gasteiger partial charge >= 0.3 is 0 Å². The van der Waals surface area contributed by atoms with Crippen molar-refractivity contribution in [2.75, 3.05) is 26.2 Å². The maximum Gasteiger partial charge on any atom is 0.00768 e. The van der Waals surface area contributed by atoms with Crippen molar-refractivity contribution in [3.05, 3.63) is 35.9 Å². The van der Waals surface area contributed by atoms with Gasteiger partial charge in [-0.3, -0.25) is 0 Å². The predicted octanol–water partition coefficient (Wildman–Crippen LogP) is 2.21. The third kappa shape index (κ3) is 6.59. The van der Waals surface area contributed by atoms with Gasteiger partial charge in [-0.25, -0.2) is 0 Å². The molecule has 16 heavy (non-hydrogen) atoms. The van der Waals surface area contributed by atoms with E-state index in [1.54, 1.807) is 0 Å². The second-order valence-electron chi connectivity index (χ2n) is 4.09. The highest BCUT2D eigenvalue weighted by molar-refractivity contribution is 5.14. The lowest BCUT2D eigenvalue weighted by Gasteiger charge is -2.06. The average Bonchev–Trinajstić information content (AvgIpc) is 2.34. The molecule has 0 spiro atoms. The third-order valence-electron chi connectivity index (χ3n) is 2.62. The summed E-state index contributed by atoms with van der Waals surface area (Å²) >= 11 is 0. The summed E-state index contributed by atoms with van der Waals surface area (Å²) in [4.78, 5) is 0. The molecule has 0 saturated carbocycles. The van der Waals surface area contributed by atoms with Crippen LogP contribution in [0.2, 0.25) is 0 Å². The molecule has 0 fully saturated rings. The van der Waals surface area contributed by atoms with Gasteiger partial charge in [0.25, 0.3) is 0 Å². The summed E-state index contributed by atoms with van der Waals surface area (Å²) in [5.74, 6) is 0. The van der Waals surface area contributed by atoms with E-state index in [1.165, 1.54) is 18.4 Å². The van der Waals surface area contributed by atoms with Crippen molar-refractivity contribution in [1.29, 1.82) is 0 Å². The molecule has 90 valence electrons. The fraction of sp³-hybridized carbons (Fsp3) is 0.571. The normalized spacial score (nSPS) is 10.6. The van der Waals surface area contributed by atoms with Crippen molar-refractivity contribution in [2.24, 2.45) is 0 Å². The molecule has 0 aromatic heterocycles. The summed E-state index contributed by atoms with van der Waals surface area (Å²) in [6.07, 6.45) is 3.67. The van der Waals surface area contributed by atoms with Crippen LogP contribution in [0.15, 0.2) is 30.3 Å². The summed E-state index contributed by atoms with van der Waals surface area (Å²) in [5, 5.41) is 6.87. The molecule has 0 atom stereocenters. The van der Waals surface area contributed by atoms with Crippen LogP contribution < -0.4 is 10.6 Å². The first-order valence-electron chi connectivity index (χ1n) is 6.39. The zero-order chi connectivity index (χ0) is 11.5.